The van der Waals surface area contributed by atoms with E-state index in [0.29, 0.717) is 30.4 Å². The van der Waals surface area contributed by atoms with Gasteiger partial charge < -0.3 is 19.9 Å². The Bertz CT molecular complexity index is 1030. The second-order valence-corrected chi connectivity index (χ2v) is 6.62. The molecule has 2 N–H and O–H groups in total. The van der Waals surface area contributed by atoms with Gasteiger partial charge in [-0.15, -0.1) is 0 Å². The summed E-state index contributed by atoms with van der Waals surface area (Å²) >= 11 is 0. The summed E-state index contributed by atoms with van der Waals surface area (Å²) in [5.41, 5.74) is 0.158. The van der Waals surface area contributed by atoms with E-state index < -0.39 is 18.1 Å². The lowest BCUT2D eigenvalue weighted by Crippen LogP contribution is -2.45. The molecule has 0 aromatic carbocycles. The molecule has 1 fully saturated rings. The number of alkyl halides is 3. The van der Waals surface area contributed by atoms with Crippen molar-refractivity contribution < 1.29 is 32.3 Å². The number of likely N-dealkylation sites (tertiary alicyclic amines) is 1. The first-order chi connectivity index (χ1) is 14.2. The topological polar surface area (TPSA) is 128 Å². The summed E-state index contributed by atoms with van der Waals surface area (Å²) < 4.78 is 41.3. The van der Waals surface area contributed by atoms with Gasteiger partial charge in [-0.05, 0) is 18.9 Å². The number of esters is 2. The van der Waals surface area contributed by atoms with Gasteiger partial charge in [0.25, 0.3) is 0 Å². The molecule has 2 aromatic heterocycles. The molecule has 0 bridgehead atoms. The number of fused-ring (bicyclic) bond motifs is 1. The number of pyridine rings is 1. The Hall–Kier alpha value is -3.62. The number of carbonyl (C=O) groups excluding carboxylic acids is 3. The Morgan fingerprint density at radius 1 is 1.40 bits per heavy atom. The molecule has 1 atom stereocenters. The van der Waals surface area contributed by atoms with Crippen LogP contribution in [0, 0.1) is 11.3 Å². The normalized spacial score (nSPS) is 16.7. The van der Waals surface area contributed by atoms with Crippen LogP contribution in [0.3, 0.4) is 0 Å². The van der Waals surface area contributed by atoms with Crippen molar-refractivity contribution in [2.24, 2.45) is 0 Å². The molecule has 30 heavy (non-hydrogen) atoms. The maximum absolute atomic E-state index is 12.5. The predicted molar refractivity (Wildman–Crippen MR) is 96.0 cm³/mol. The van der Waals surface area contributed by atoms with Crippen molar-refractivity contribution in [2.45, 2.75) is 31.5 Å². The minimum atomic E-state index is -5.32. The first-order valence-electron chi connectivity index (χ1n) is 8.91. The molecule has 0 unspecified atom stereocenters. The van der Waals surface area contributed by atoms with Gasteiger partial charge in [-0.1, -0.05) is 0 Å². The van der Waals surface area contributed by atoms with Gasteiger partial charge in [-0.25, -0.2) is 14.6 Å². The molecule has 1 amide bonds. The number of rotatable bonds is 4. The number of aromatic nitrogens is 2. The molecule has 1 aliphatic heterocycles. The number of halogens is 3. The summed E-state index contributed by atoms with van der Waals surface area (Å²) in [6.07, 6.45) is -1.80. The number of amides is 1. The second kappa shape index (κ2) is 8.40. The number of ether oxygens (including phenoxy) is 1. The molecule has 158 valence electrons. The Labute approximate surface area is 167 Å². The number of anilines is 1. The van der Waals surface area contributed by atoms with Crippen LogP contribution in [0.2, 0.25) is 0 Å². The SMILES string of the molecule is N#CCC(=O)N1CCC[C@@H](Nc2c(C(=O)OC(=O)C(F)(F)F)cnc3[nH]ccc23)C1. The fraction of sp³-hybridized carbons (Fsp3) is 0.389. The summed E-state index contributed by atoms with van der Waals surface area (Å²) in [6, 6.07) is 3.02. The zero-order valence-corrected chi connectivity index (χ0v) is 15.5. The Morgan fingerprint density at radius 2 is 2.17 bits per heavy atom. The minimum absolute atomic E-state index is 0.140. The number of nitrogens with one attached hydrogen (secondary N) is 2. The molecule has 9 nitrogen and oxygen atoms in total. The van der Waals surface area contributed by atoms with E-state index in [2.05, 4.69) is 20.0 Å². The van der Waals surface area contributed by atoms with Gasteiger partial charge in [0.15, 0.2) is 0 Å². The molecular weight excluding hydrogens is 407 g/mol. The average molecular weight is 423 g/mol. The molecule has 0 radical (unpaired) electrons. The fourth-order valence-corrected chi connectivity index (χ4v) is 3.22. The van der Waals surface area contributed by atoms with Crippen LogP contribution in [-0.2, 0) is 14.3 Å². The molecule has 0 aliphatic carbocycles. The van der Waals surface area contributed by atoms with Crippen molar-refractivity contribution in [3.63, 3.8) is 0 Å². The maximum atomic E-state index is 12.5. The van der Waals surface area contributed by atoms with Crippen LogP contribution in [0.25, 0.3) is 11.0 Å². The van der Waals surface area contributed by atoms with E-state index in [9.17, 15) is 27.6 Å². The van der Waals surface area contributed by atoms with Crippen LogP contribution in [0.1, 0.15) is 29.6 Å². The van der Waals surface area contributed by atoms with E-state index in [-0.39, 0.29) is 36.2 Å². The summed E-state index contributed by atoms with van der Waals surface area (Å²) in [4.78, 5) is 43.6. The molecule has 0 saturated carbocycles. The lowest BCUT2D eigenvalue weighted by atomic mass is 10.0. The number of H-pyrrole nitrogens is 1. The van der Waals surface area contributed by atoms with Crippen molar-refractivity contribution in [1.82, 2.24) is 14.9 Å². The number of nitrogens with zero attached hydrogens (tertiary/aromatic N) is 3. The van der Waals surface area contributed by atoms with Crippen LogP contribution < -0.4 is 5.32 Å². The Balaban J connectivity index is 1.87. The molecule has 1 saturated heterocycles. The molecule has 2 aromatic rings. The second-order valence-electron chi connectivity index (χ2n) is 6.62. The molecule has 1 aliphatic rings. The highest BCUT2D eigenvalue weighted by Crippen LogP contribution is 2.29. The van der Waals surface area contributed by atoms with Crippen molar-refractivity contribution in [2.75, 3.05) is 18.4 Å². The third-order valence-corrected chi connectivity index (χ3v) is 4.58. The van der Waals surface area contributed by atoms with Gasteiger partial charge in [0.2, 0.25) is 5.91 Å². The van der Waals surface area contributed by atoms with E-state index >= 15 is 0 Å². The van der Waals surface area contributed by atoms with E-state index in [4.69, 9.17) is 5.26 Å². The molecule has 12 heteroatoms. The van der Waals surface area contributed by atoms with Gasteiger partial charge in [0.1, 0.15) is 17.6 Å². The molecule has 3 heterocycles. The number of hydrogen-bond acceptors (Lipinski definition) is 7. The molecular formula is C18H16F3N5O4. The van der Waals surface area contributed by atoms with Gasteiger partial charge >= 0.3 is 18.1 Å². The predicted octanol–water partition coefficient (Wildman–Crippen LogP) is 2.13. The van der Waals surface area contributed by atoms with Crippen LogP contribution >= 0.6 is 0 Å². The first kappa shape index (κ1) is 21.1. The number of carbonyl (C=O) groups is 3. The van der Waals surface area contributed by atoms with E-state index in [0.717, 1.165) is 6.20 Å². The van der Waals surface area contributed by atoms with Crippen molar-refractivity contribution >= 4 is 34.6 Å². The Kier molecular flexibility index (Phi) is 5.91. The lowest BCUT2D eigenvalue weighted by molar-refractivity contribution is -0.193. The summed E-state index contributed by atoms with van der Waals surface area (Å²) in [7, 11) is 0. The highest BCUT2D eigenvalue weighted by atomic mass is 19.4. The van der Waals surface area contributed by atoms with E-state index in [1.165, 1.54) is 11.1 Å². The van der Waals surface area contributed by atoms with Crippen molar-refractivity contribution in [3.05, 3.63) is 24.0 Å². The highest BCUT2D eigenvalue weighted by Gasteiger charge is 2.43. The zero-order chi connectivity index (χ0) is 21.9. The smallest absolute Gasteiger partial charge is 0.383 e. The molecule has 3 rings (SSSR count). The first-order valence-corrected chi connectivity index (χ1v) is 8.91. The lowest BCUT2D eigenvalue weighted by Gasteiger charge is -2.33. The minimum Gasteiger partial charge on any atom is -0.383 e. The number of nitriles is 1. The largest absolute Gasteiger partial charge is 0.491 e. The standard InChI is InChI=1S/C18H16F3N5O4/c19-18(20,21)17(29)30-16(28)12-8-24-15-11(4-6-23-15)14(12)25-10-2-1-7-26(9-10)13(27)3-5-22/h4,6,8,10H,1-3,7,9H2,(H2,23,24,25)/t10-/m1/s1. The van der Waals surface area contributed by atoms with Gasteiger partial charge in [0, 0.05) is 36.9 Å². The fourth-order valence-electron chi connectivity index (χ4n) is 3.22. The van der Waals surface area contributed by atoms with Gasteiger partial charge in [-0.2, -0.15) is 18.4 Å². The third kappa shape index (κ3) is 4.51. The number of hydrogen-bond donors (Lipinski definition) is 2. The zero-order valence-electron chi connectivity index (χ0n) is 15.5. The van der Waals surface area contributed by atoms with Gasteiger partial charge in [0.05, 0.1) is 11.8 Å². The quantitative estimate of drug-likeness (QED) is 0.569. The van der Waals surface area contributed by atoms with Crippen LogP contribution in [0.5, 0.6) is 0 Å². The summed E-state index contributed by atoms with van der Waals surface area (Å²) in [5.74, 6) is -4.46. The maximum Gasteiger partial charge on any atom is 0.491 e. The number of aromatic amines is 1. The highest BCUT2D eigenvalue weighted by molar-refractivity contribution is 6.07. The van der Waals surface area contributed by atoms with Crippen LogP contribution in [-0.4, -0.2) is 58.0 Å². The Morgan fingerprint density at radius 3 is 2.87 bits per heavy atom. The van der Waals surface area contributed by atoms with E-state index in [1.807, 2.05) is 0 Å². The van der Waals surface area contributed by atoms with Crippen LogP contribution in [0.15, 0.2) is 18.5 Å². The van der Waals surface area contributed by atoms with Crippen molar-refractivity contribution in [1.29, 1.82) is 5.26 Å². The molecule has 0 spiro atoms. The summed E-state index contributed by atoms with van der Waals surface area (Å²) in [6.45, 7) is 0.717. The van der Waals surface area contributed by atoms with Crippen molar-refractivity contribution in [3.8, 4) is 6.07 Å². The van der Waals surface area contributed by atoms with Gasteiger partial charge in [-0.3, -0.25) is 4.79 Å². The number of piperidine rings is 1. The monoisotopic (exact) mass is 423 g/mol. The average Bonchev–Trinajstić information content (AvgIpc) is 3.17. The van der Waals surface area contributed by atoms with Crippen LogP contribution in [0.4, 0.5) is 18.9 Å². The summed E-state index contributed by atoms with van der Waals surface area (Å²) in [5, 5.41) is 12.2. The van der Waals surface area contributed by atoms with E-state index in [1.54, 1.807) is 12.1 Å². The third-order valence-electron chi connectivity index (χ3n) is 4.58.